The Hall–Kier alpha value is -3.28. The van der Waals surface area contributed by atoms with Gasteiger partial charge in [0.15, 0.2) is 0 Å². The molecule has 2 aromatic carbocycles. The van der Waals surface area contributed by atoms with E-state index in [2.05, 4.69) is 15.3 Å². The number of carbonyl (C=O) groups excluding carboxylic acids is 2. The van der Waals surface area contributed by atoms with Crippen molar-refractivity contribution in [2.75, 3.05) is 0 Å². The van der Waals surface area contributed by atoms with Crippen LogP contribution in [0.4, 0.5) is 4.39 Å². The molecular formula is C26H32FN4O7P. The van der Waals surface area contributed by atoms with Gasteiger partial charge in [0.25, 0.3) is 5.91 Å². The number of amides is 2. The lowest BCUT2D eigenvalue weighted by atomic mass is 9.87. The number of nitrogens with one attached hydrogen (secondary N) is 1. The maximum atomic E-state index is 13.9. The van der Waals surface area contributed by atoms with Gasteiger partial charge in [0.2, 0.25) is 5.91 Å². The van der Waals surface area contributed by atoms with Crippen molar-refractivity contribution in [3.8, 4) is 0 Å². The molecule has 39 heavy (non-hydrogen) atoms. The largest absolute Gasteiger partial charge is 0.469 e. The summed E-state index contributed by atoms with van der Waals surface area (Å²) in [4.78, 5) is 53.3. The molecule has 0 aliphatic heterocycles. The Kier molecular flexibility index (Phi) is 9.87. The average molecular weight is 563 g/mol. The summed E-state index contributed by atoms with van der Waals surface area (Å²) in [6.07, 6.45) is -0.309. The molecule has 6 N–H and O–H groups in total. The Labute approximate surface area is 224 Å². The summed E-state index contributed by atoms with van der Waals surface area (Å²) in [5.41, 5.74) is 5.79. The van der Waals surface area contributed by atoms with Crippen LogP contribution in [0.1, 0.15) is 49.2 Å². The van der Waals surface area contributed by atoms with Crippen molar-refractivity contribution in [1.82, 2.24) is 15.3 Å². The number of rotatable bonds is 13. The van der Waals surface area contributed by atoms with Crippen molar-refractivity contribution >= 4 is 30.7 Å². The predicted molar refractivity (Wildman–Crippen MR) is 141 cm³/mol. The molecule has 11 nitrogen and oxygen atoms in total. The molecule has 1 aromatic heterocycles. The number of halogens is 1. The highest BCUT2D eigenvalue weighted by atomic mass is 31.2. The van der Waals surface area contributed by atoms with Gasteiger partial charge in [-0.3, -0.25) is 19.1 Å². The molecule has 2 amide bonds. The Morgan fingerprint density at radius 2 is 1.85 bits per heavy atom. The first-order chi connectivity index (χ1) is 18.2. The number of aliphatic hydroxyl groups is 1. The van der Waals surface area contributed by atoms with Gasteiger partial charge in [-0.15, -0.1) is 0 Å². The van der Waals surface area contributed by atoms with E-state index in [0.717, 1.165) is 0 Å². The number of hydrogen-bond acceptors (Lipinski definition) is 7. The molecule has 3 aromatic rings. The number of fused-ring (bicyclic) bond motifs is 1. The van der Waals surface area contributed by atoms with Gasteiger partial charge in [-0.1, -0.05) is 24.3 Å². The van der Waals surface area contributed by atoms with Crippen LogP contribution in [-0.2, 0) is 20.3 Å². The molecule has 0 aliphatic rings. The Balaban J connectivity index is 1.96. The van der Waals surface area contributed by atoms with E-state index in [9.17, 15) is 33.4 Å². The van der Waals surface area contributed by atoms with Crippen molar-refractivity contribution in [1.29, 1.82) is 0 Å². The second kappa shape index (κ2) is 12.7. The fourth-order valence-electron chi connectivity index (χ4n) is 4.14. The minimum Gasteiger partial charge on any atom is -0.390 e. The molecule has 1 heterocycles. The van der Waals surface area contributed by atoms with Crippen LogP contribution in [0, 0.1) is 11.7 Å². The highest BCUT2D eigenvalue weighted by Crippen LogP contribution is 2.40. The molecular weight excluding hydrogens is 530 g/mol. The van der Waals surface area contributed by atoms with Crippen molar-refractivity contribution in [2.45, 2.75) is 57.3 Å². The lowest BCUT2D eigenvalue weighted by Gasteiger charge is -2.31. The number of phosphoric ester groups is 1. The van der Waals surface area contributed by atoms with E-state index in [0.29, 0.717) is 16.6 Å². The number of primary amides is 1. The summed E-state index contributed by atoms with van der Waals surface area (Å²) < 4.78 is 31.0. The summed E-state index contributed by atoms with van der Waals surface area (Å²) in [6, 6.07) is 11.2. The van der Waals surface area contributed by atoms with Gasteiger partial charge in [-0.2, -0.15) is 0 Å². The fourth-order valence-corrected chi connectivity index (χ4v) is 4.73. The summed E-state index contributed by atoms with van der Waals surface area (Å²) in [6.45, 7) is 3.10. The quantitative estimate of drug-likeness (QED) is 0.195. The zero-order valence-electron chi connectivity index (χ0n) is 21.5. The number of nitrogens with zero attached hydrogens (tertiary/aromatic N) is 2. The van der Waals surface area contributed by atoms with Crippen molar-refractivity contribution in [2.24, 2.45) is 11.7 Å². The fraction of sp³-hybridized carbons (Fsp3) is 0.385. The third-order valence-electron chi connectivity index (χ3n) is 6.09. The SMILES string of the molecule is CC(C)(O)CC[C@H](C[C@@H](OP(=O)(O)O)[C@H](Cc1cccc(F)c1)NC(=O)c1cnc2ccccc2n1)C(N)=O. The number of hydrogen-bond donors (Lipinski definition) is 5. The number of benzene rings is 2. The Bertz CT molecular complexity index is 1360. The van der Waals surface area contributed by atoms with Crippen LogP contribution in [0.25, 0.3) is 11.0 Å². The Morgan fingerprint density at radius 1 is 1.15 bits per heavy atom. The second-order valence-corrected chi connectivity index (χ2v) is 11.2. The van der Waals surface area contributed by atoms with E-state index >= 15 is 0 Å². The summed E-state index contributed by atoms with van der Waals surface area (Å²) >= 11 is 0. The first-order valence-electron chi connectivity index (χ1n) is 12.2. The van der Waals surface area contributed by atoms with Gasteiger partial charge in [-0.05, 0) is 69.4 Å². The van der Waals surface area contributed by atoms with Gasteiger partial charge in [0.05, 0.1) is 35.0 Å². The summed E-state index contributed by atoms with van der Waals surface area (Å²) in [5.74, 6) is -3.00. The zero-order chi connectivity index (χ0) is 28.8. The Morgan fingerprint density at radius 3 is 2.46 bits per heavy atom. The van der Waals surface area contributed by atoms with Crippen LogP contribution < -0.4 is 11.1 Å². The van der Waals surface area contributed by atoms with Gasteiger partial charge in [-0.25, -0.2) is 13.9 Å². The molecule has 3 rings (SSSR count). The van der Waals surface area contributed by atoms with Crippen molar-refractivity contribution < 1.29 is 38.0 Å². The number of para-hydroxylation sites is 2. The van der Waals surface area contributed by atoms with Gasteiger partial charge in [0.1, 0.15) is 11.5 Å². The number of phosphoric acid groups is 1. The lowest BCUT2D eigenvalue weighted by molar-refractivity contribution is -0.123. The molecule has 210 valence electrons. The molecule has 0 unspecified atom stereocenters. The van der Waals surface area contributed by atoms with Crippen LogP contribution in [0.15, 0.2) is 54.7 Å². The average Bonchev–Trinajstić information content (AvgIpc) is 2.83. The number of aromatic nitrogens is 2. The molecule has 0 aliphatic carbocycles. The van der Waals surface area contributed by atoms with E-state index in [4.69, 9.17) is 10.3 Å². The molecule has 0 saturated carbocycles. The zero-order valence-corrected chi connectivity index (χ0v) is 22.4. The number of nitrogens with two attached hydrogens (primary N) is 1. The molecule has 3 atom stereocenters. The third-order valence-corrected chi connectivity index (χ3v) is 6.63. The van der Waals surface area contributed by atoms with Crippen LogP contribution in [-0.4, -0.2) is 54.4 Å². The third kappa shape index (κ3) is 9.76. The van der Waals surface area contributed by atoms with E-state index in [1.54, 1.807) is 44.2 Å². The summed E-state index contributed by atoms with van der Waals surface area (Å²) in [7, 11) is -5.13. The second-order valence-electron chi connectivity index (χ2n) is 9.98. The van der Waals surface area contributed by atoms with E-state index in [1.807, 2.05) is 0 Å². The minimum atomic E-state index is -5.13. The van der Waals surface area contributed by atoms with Crippen molar-refractivity contribution in [3.63, 3.8) is 0 Å². The molecule has 0 saturated heterocycles. The maximum absolute atomic E-state index is 13.9. The first kappa shape index (κ1) is 30.3. The highest BCUT2D eigenvalue weighted by molar-refractivity contribution is 7.46. The van der Waals surface area contributed by atoms with Crippen LogP contribution in [0.3, 0.4) is 0 Å². The van der Waals surface area contributed by atoms with Gasteiger partial charge < -0.3 is 25.9 Å². The van der Waals surface area contributed by atoms with Gasteiger partial charge >= 0.3 is 7.82 Å². The van der Waals surface area contributed by atoms with Crippen molar-refractivity contribution in [3.05, 3.63) is 71.8 Å². The van der Waals surface area contributed by atoms with Crippen LogP contribution >= 0.6 is 7.82 Å². The highest BCUT2D eigenvalue weighted by Gasteiger charge is 2.35. The standard InChI is InChI=1S/C26H32FN4O7P/c1-26(2,34)11-10-17(24(28)32)14-23(38-39(35,36)37)21(13-16-6-5-7-18(27)12-16)31-25(33)22-15-29-19-8-3-4-9-20(19)30-22/h3-9,12,15,17,21,23,34H,10-11,13-14H2,1-2H3,(H2,28,32)(H,31,33)(H2,35,36,37)/t17-,21+,23-/m1/s1. The molecule has 13 heteroatoms. The molecule has 0 radical (unpaired) electrons. The predicted octanol–water partition coefficient (Wildman–Crippen LogP) is 2.63. The van der Waals surface area contributed by atoms with Crippen LogP contribution in [0.5, 0.6) is 0 Å². The topological polar surface area (TPSA) is 185 Å². The monoisotopic (exact) mass is 562 g/mol. The van der Waals surface area contributed by atoms with E-state index < -0.39 is 49.1 Å². The molecule has 0 spiro atoms. The number of carbonyl (C=O) groups is 2. The van der Waals surface area contributed by atoms with E-state index in [1.165, 1.54) is 24.4 Å². The normalized spacial score (nSPS) is 14.5. The smallest absolute Gasteiger partial charge is 0.390 e. The first-order valence-corrected chi connectivity index (χ1v) is 13.8. The van der Waals surface area contributed by atoms with E-state index in [-0.39, 0.29) is 31.4 Å². The maximum Gasteiger partial charge on any atom is 0.469 e. The van der Waals surface area contributed by atoms with Crippen LogP contribution in [0.2, 0.25) is 0 Å². The summed E-state index contributed by atoms with van der Waals surface area (Å²) in [5, 5.41) is 12.8. The molecule has 0 bridgehead atoms. The minimum absolute atomic E-state index is 0.0682. The van der Waals surface area contributed by atoms with Gasteiger partial charge in [0, 0.05) is 5.92 Å². The lowest BCUT2D eigenvalue weighted by Crippen LogP contribution is -2.47. The molecule has 0 fully saturated rings.